The molecule has 0 aliphatic carbocycles. The fourth-order valence-corrected chi connectivity index (χ4v) is 7.96. The number of hydrogen-bond acceptors (Lipinski definition) is 14. The van der Waals surface area contributed by atoms with E-state index in [-0.39, 0.29) is 24.4 Å². The molecule has 344 valence electrons. The predicted molar refractivity (Wildman–Crippen MR) is 259 cm³/mol. The number of para-hydroxylation sites is 2. The molecule has 1 amide bonds. The molecule has 0 bridgehead atoms. The van der Waals surface area contributed by atoms with Crippen molar-refractivity contribution in [1.29, 1.82) is 0 Å². The number of oxime groups is 1. The van der Waals surface area contributed by atoms with Gasteiger partial charge in [0.15, 0.2) is 5.84 Å². The van der Waals surface area contributed by atoms with Crippen molar-refractivity contribution >= 4 is 65.5 Å². The van der Waals surface area contributed by atoms with Crippen molar-refractivity contribution in [3.63, 3.8) is 0 Å². The zero-order valence-electron chi connectivity index (χ0n) is 36.9. The Kier molecular flexibility index (Phi) is 15.3. The van der Waals surface area contributed by atoms with Crippen molar-refractivity contribution in [3.8, 4) is 23.3 Å². The van der Waals surface area contributed by atoms with Gasteiger partial charge in [0.2, 0.25) is 11.8 Å². The van der Waals surface area contributed by atoms with Crippen LogP contribution in [-0.4, -0.2) is 68.3 Å². The highest BCUT2D eigenvalue weighted by Gasteiger charge is 2.33. The summed E-state index contributed by atoms with van der Waals surface area (Å²) in [6.07, 6.45) is 0. The largest absolute Gasteiger partial charge is 0.497 e. The Morgan fingerprint density at radius 3 is 1.97 bits per heavy atom. The molecule has 4 aromatic heterocycles. The van der Waals surface area contributed by atoms with Crippen molar-refractivity contribution in [3.05, 3.63) is 176 Å². The van der Waals surface area contributed by atoms with Gasteiger partial charge in [0, 0.05) is 23.9 Å². The number of hydroxylamine groups is 1. The van der Waals surface area contributed by atoms with Crippen LogP contribution in [0.15, 0.2) is 156 Å². The second kappa shape index (κ2) is 22.0. The maximum Gasteiger partial charge on any atom is 0.293 e. The lowest BCUT2D eigenvalue weighted by molar-refractivity contribution is 0.0193. The number of ether oxygens (including phenoxy) is 4. The van der Waals surface area contributed by atoms with Gasteiger partial charge >= 0.3 is 0 Å². The Morgan fingerprint density at radius 1 is 0.716 bits per heavy atom. The van der Waals surface area contributed by atoms with E-state index in [2.05, 4.69) is 68.7 Å². The van der Waals surface area contributed by atoms with Crippen LogP contribution in [0.4, 0.5) is 0 Å². The van der Waals surface area contributed by atoms with Crippen LogP contribution < -0.4 is 29.7 Å². The molecule has 0 unspecified atom stereocenters. The number of pyridine rings is 2. The smallest absolute Gasteiger partial charge is 0.293 e. The molecule has 4 aromatic carbocycles. The van der Waals surface area contributed by atoms with Crippen molar-refractivity contribution in [1.82, 2.24) is 25.7 Å². The summed E-state index contributed by atoms with van der Waals surface area (Å²) in [5, 5.41) is 9.86. The maximum absolute atomic E-state index is 12.5. The highest BCUT2D eigenvalue weighted by atomic mass is 79.9. The van der Waals surface area contributed by atoms with Gasteiger partial charge < -0.3 is 42.8 Å². The number of rotatable bonds is 16. The first-order valence-corrected chi connectivity index (χ1v) is 22.6. The molecule has 9 rings (SSSR count). The Balaban J connectivity index is 0.000000182. The summed E-state index contributed by atoms with van der Waals surface area (Å²) in [4.78, 5) is 34.7. The fraction of sp³-hybridized carbons (Fsp3) is 0.200. The molecule has 5 heterocycles. The highest BCUT2D eigenvalue weighted by Crippen LogP contribution is 2.34. The van der Waals surface area contributed by atoms with Crippen LogP contribution in [0.5, 0.6) is 23.3 Å². The summed E-state index contributed by atoms with van der Waals surface area (Å²) in [6.45, 7) is 1.63. The van der Waals surface area contributed by atoms with Gasteiger partial charge in [-0.15, -0.1) is 0 Å². The molecule has 0 saturated carbocycles. The molecule has 0 spiro atoms. The van der Waals surface area contributed by atoms with Gasteiger partial charge in [-0.2, -0.15) is 0 Å². The van der Waals surface area contributed by atoms with Gasteiger partial charge in [0.05, 0.1) is 50.0 Å². The lowest BCUT2D eigenvalue weighted by Crippen LogP contribution is -2.40. The number of furan rings is 2. The SMILES string of the molecule is COc1ccc(CN2C(c3ccc(Br)c(OC)n3)=NOC[C@@H]2c2cc3ccccc3o2)cc1.COc1ccc(CN[C@H](CONC(=O)c2ccc(Br)c(OC)n2)c2cc3ccccc3o2)cc1. The van der Waals surface area contributed by atoms with Crippen LogP contribution in [-0.2, 0) is 22.8 Å². The van der Waals surface area contributed by atoms with Crippen LogP contribution in [0.3, 0.4) is 0 Å². The van der Waals surface area contributed by atoms with E-state index in [9.17, 15) is 4.79 Å². The minimum absolute atomic E-state index is 0.134. The lowest BCUT2D eigenvalue weighted by Gasteiger charge is -2.35. The summed E-state index contributed by atoms with van der Waals surface area (Å²) in [5.74, 6) is 4.02. The monoisotopic (exact) mass is 1030 g/mol. The average Bonchev–Trinajstić information content (AvgIpc) is 4.01. The first-order valence-electron chi connectivity index (χ1n) is 21.0. The van der Waals surface area contributed by atoms with Crippen LogP contribution >= 0.6 is 31.9 Å². The zero-order chi connectivity index (χ0) is 46.7. The first kappa shape index (κ1) is 46.6. The average molecular weight is 1030 g/mol. The Labute approximate surface area is 403 Å². The van der Waals surface area contributed by atoms with Crippen LogP contribution in [0, 0.1) is 0 Å². The molecule has 8 aromatic rings. The number of benzene rings is 4. The summed E-state index contributed by atoms with van der Waals surface area (Å²) >= 11 is 6.79. The molecule has 1 aliphatic heterocycles. The number of amides is 1. The minimum Gasteiger partial charge on any atom is -0.497 e. The Bertz CT molecular complexity index is 2900. The van der Waals surface area contributed by atoms with Gasteiger partial charge in [-0.1, -0.05) is 65.8 Å². The molecule has 2 atom stereocenters. The van der Waals surface area contributed by atoms with Crippen LogP contribution in [0.25, 0.3) is 21.9 Å². The molecular formula is C50H46Br2N6O9. The number of carbonyl (C=O) groups is 1. The van der Waals surface area contributed by atoms with Crippen molar-refractivity contribution in [2.24, 2.45) is 5.16 Å². The highest BCUT2D eigenvalue weighted by molar-refractivity contribution is 9.10. The number of hydrogen-bond donors (Lipinski definition) is 2. The van der Waals surface area contributed by atoms with Gasteiger partial charge in [-0.05, 0) is 116 Å². The zero-order valence-corrected chi connectivity index (χ0v) is 40.1. The van der Waals surface area contributed by atoms with Gasteiger partial charge in [0.1, 0.15) is 58.2 Å². The summed E-state index contributed by atoms with van der Waals surface area (Å²) < 4.78 is 34.7. The molecule has 17 heteroatoms. The number of amidine groups is 1. The third-order valence-electron chi connectivity index (χ3n) is 10.7. The number of fused-ring (bicyclic) bond motifs is 2. The Morgan fingerprint density at radius 2 is 1.33 bits per heavy atom. The quantitative estimate of drug-likeness (QED) is 0.0880. The van der Waals surface area contributed by atoms with E-state index in [0.717, 1.165) is 54.8 Å². The van der Waals surface area contributed by atoms with Gasteiger partial charge in [-0.25, -0.2) is 15.4 Å². The minimum atomic E-state index is -0.482. The van der Waals surface area contributed by atoms with Crippen molar-refractivity contribution in [2.45, 2.75) is 25.2 Å². The predicted octanol–water partition coefficient (Wildman–Crippen LogP) is 10.3. The Hall–Kier alpha value is -6.92. The molecule has 0 fully saturated rings. The first-order chi connectivity index (χ1) is 32.7. The topological polar surface area (TPSA) is 164 Å². The molecule has 0 saturated heterocycles. The number of carbonyl (C=O) groups excluding carboxylic acids is 1. The number of methoxy groups -OCH3 is 4. The lowest BCUT2D eigenvalue weighted by atomic mass is 10.1. The third kappa shape index (κ3) is 11.4. The van der Waals surface area contributed by atoms with E-state index in [1.54, 1.807) is 33.5 Å². The number of nitrogens with zero attached hydrogens (tertiary/aromatic N) is 4. The number of halogens is 2. The molecule has 2 N–H and O–H groups in total. The van der Waals surface area contributed by atoms with E-state index < -0.39 is 5.91 Å². The van der Waals surface area contributed by atoms with E-state index in [1.165, 1.54) is 7.11 Å². The van der Waals surface area contributed by atoms with Gasteiger partial charge in [0.25, 0.3) is 5.91 Å². The summed E-state index contributed by atoms with van der Waals surface area (Å²) in [6, 6.07) is 42.0. The van der Waals surface area contributed by atoms with E-state index >= 15 is 0 Å². The molecule has 67 heavy (non-hydrogen) atoms. The molecule has 15 nitrogen and oxygen atoms in total. The van der Waals surface area contributed by atoms with E-state index in [4.69, 9.17) is 37.5 Å². The van der Waals surface area contributed by atoms with Crippen molar-refractivity contribution in [2.75, 3.05) is 41.7 Å². The molecular weight excluding hydrogens is 988 g/mol. The fourth-order valence-electron chi connectivity index (χ4n) is 7.20. The summed E-state index contributed by atoms with van der Waals surface area (Å²) in [7, 11) is 6.36. The van der Waals surface area contributed by atoms with E-state index in [1.807, 2.05) is 115 Å². The van der Waals surface area contributed by atoms with Crippen molar-refractivity contribution < 1.29 is 42.3 Å². The normalized spacial score (nSPS) is 13.8. The maximum atomic E-state index is 12.5. The van der Waals surface area contributed by atoms with Crippen LogP contribution in [0.1, 0.15) is 50.9 Å². The second-order valence-corrected chi connectivity index (χ2v) is 16.7. The molecule has 1 aliphatic rings. The van der Waals surface area contributed by atoms with E-state index in [0.29, 0.717) is 53.2 Å². The third-order valence-corrected chi connectivity index (χ3v) is 11.9. The molecule has 0 radical (unpaired) electrons. The standard InChI is InChI=1S/C25H24BrN3O5.C25H22BrN3O4/c1-31-18-9-7-16(8-10-18)14-27-21(23-13-17-5-3-4-6-22(17)34-23)15-33-29-24(30)20-12-11-19(26)25(28-20)32-2;1-30-18-9-7-16(8-10-18)14-29-21(23-13-17-5-3-4-6-22(17)33-23)15-32-28-24(29)20-12-11-19(26)25(27-20)31-2/h3-13,21,27H,14-15H2,1-2H3,(H,29,30);3-13,21H,14-15H2,1-2H3/t2*21-/m11/s1. The summed E-state index contributed by atoms with van der Waals surface area (Å²) in [5.41, 5.74) is 7.04. The second-order valence-electron chi connectivity index (χ2n) is 15.0. The number of aromatic nitrogens is 2. The van der Waals surface area contributed by atoms with Gasteiger partial charge in [-0.3, -0.25) is 9.63 Å². The number of nitrogens with one attached hydrogen (secondary N) is 2. The van der Waals surface area contributed by atoms with Crippen LogP contribution in [0.2, 0.25) is 0 Å².